The van der Waals surface area contributed by atoms with Gasteiger partial charge >= 0.3 is 6.09 Å². The van der Waals surface area contributed by atoms with Crippen LogP contribution in [0.25, 0.3) is 0 Å². The van der Waals surface area contributed by atoms with Gasteiger partial charge in [0.15, 0.2) is 0 Å². The first-order valence-corrected chi connectivity index (χ1v) is 7.06. The molecule has 1 aromatic rings. The van der Waals surface area contributed by atoms with E-state index in [0.717, 1.165) is 19.1 Å². The number of ether oxygens (including phenoxy) is 1. The van der Waals surface area contributed by atoms with E-state index in [-0.39, 0.29) is 6.09 Å². The van der Waals surface area contributed by atoms with Crippen molar-refractivity contribution >= 4 is 6.09 Å². The number of hydrogen-bond donors (Lipinski definition) is 1. The topological polar surface area (TPSA) is 41.6 Å². The van der Waals surface area contributed by atoms with Crippen molar-refractivity contribution in [2.45, 2.75) is 25.3 Å². The van der Waals surface area contributed by atoms with Crippen LogP contribution in [0, 0.1) is 5.92 Å². The molecule has 2 fully saturated rings. The molecule has 1 N–H and O–H groups in total. The summed E-state index contributed by atoms with van der Waals surface area (Å²) in [6, 6.07) is 10.0. The van der Waals surface area contributed by atoms with E-state index in [2.05, 4.69) is 10.2 Å². The van der Waals surface area contributed by atoms with Gasteiger partial charge in [-0.15, -0.1) is 0 Å². The van der Waals surface area contributed by atoms with Gasteiger partial charge in [-0.25, -0.2) is 4.79 Å². The Hall–Kier alpha value is -1.55. The Morgan fingerprint density at radius 1 is 1.26 bits per heavy atom. The fourth-order valence-electron chi connectivity index (χ4n) is 2.66. The normalized spacial score (nSPS) is 23.3. The summed E-state index contributed by atoms with van der Waals surface area (Å²) in [4.78, 5) is 14.2. The van der Waals surface area contributed by atoms with Crippen molar-refractivity contribution in [2.75, 3.05) is 19.6 Å². The Balaban J connectivity index is 1.39. The molecule has 1 atom stereocenters. The third kappa shape index (κ3) is 3.47. The second-order valence-corrected chi connectivity index (χ2v) is 5.46. The zero-order valence-electron chi connectivity index (χ0n) is 11.0. The monoisotopic (exact) mass is 260 g/mol. The quantitative estimate of drug-likeness (QED) is 0.903. The van der Waals surface area contributed by atoms with Gasteiger partial charge in [-0.2, -0.15) is 0 Å². The number of amides is 1. The SMILES string of the molecule is O=C(NCC1CCN(C2CC2)C1)Oc1ccccc1. The second-order valence-electron chi connectivity index (χ2n) is 5.46. The maximum absolute atomic E-state index is 11.6. The third-order valence-corrected chi connectivity index (χ3v) is 3.87. The molecule has 1 aliphatic heterocycles. The first kappa shape index (κ1) is 12.5. The van der Waals surface area contributed by atoms with Crippen LogP contribution >= 0.6 is 0 Å². The highest BCUT2D eigenvalue weighted by molar-refractivity contribution is 5.70. The Labute approximate surface area is 113 Å². The van der Waals surface area contributed by atoms with Crippen LogP contribution in [0.5, 0.6) is 5.75 Å². The van der Waals surface area contributed by atoms with Gasteiger partial charge < -0.3 is 15.0 Å². The van der Waals surface area contributed by atoms with Crippen LogP contribution in [0.2, 0.25) is 0 Å². The molecule has 4 nitrogen and oxygen atoms in total. The van der Waals surface area contributed by atoms with Crippen molar-refractivity contribution < 1.29 is 9.53 Å². The lowest BCUT2D eigenvalue weighted by atomic mass is 10.1. The van der Waals surface area contributed by atoms with E-state index in [1.54, 1.807) is 12.1 Å². The molecule has 19 heavy (non-hydrogen) atoms. The smallest absolute Gasteiger partial charge is 0.410 e. The van der Waals surface area contributed by atoms with E-state index in [1.807, 2.05) is 18.2 Å². The summed E-state index contributed by atoms with van der Waals surface area (Å²) in [6.45, 7) is 3.02. The fourth-order valence-corrected chi connectivity index (χ4v) is 2.66. The number of hydrogen-bond acceptors (Lipinski definition) is 3. The van der Waals surface area contributed by atoms with Gasteiger partial charge in [0, 0.05) is 19.1 Å². The van der Waals surface area contributed by atoms with E-state index < -0.39 is 0 Å². The lowest BCUT2D eigenvalue weighted by Crippen LogP contribution is -2.33. The standard InChI is InChI=1S/C15H20N2O2/c18-15(19-14-4-2-1-3-5-14)16-10-12-8-9-17(11-12)13-6-7-13/h1-5,12-13H,6-11H2,(H,16,18). The predicted molar refractivity (Wildman–Crippen MR) is 73.2 cm³/mol. The second kappa shape index (κ2) is 5.61. The van der Waals surface area contributed by atoms with Crippen molar-refractivity contribution in [2.24, 2.45) is 5.92 Å². The van der Waals surface area contributed by atoms with E-state index >= 15 is 0 Å². The average molecular weight is 260 g/mol. The van der Waals surface area contributed by atoms with Crippen molar-refractivity contribution in [3.8, 4) is 5.75 Å². The maximum Gasteiger partial charge on any atom is 0.412 e. The first-order valence-electron chi connectivity index (χ1n) is 7.06. The van der Waals surface area contributed by atoms with E-state index in [0.29, 0.717) is 11.7 Å². The van der Waals surface area contributed by atoms with Crippen LogP contribution in [-0.4, -0.2) is 36.7 Å². The van der Waals surface area contributed by atoms with Crippen molar-refractivity contribution in [3.05, 3.63) is 30.3 Å². The highest BCUT2D eigenvalue weighted by Gasteiger charge is 2.34. The summed E-state index contributed by atoms with van der Waals surface area (Å²) >= 11 is 0. The van der Waals surface area contributed by atoms with Crippen molar-refractivity contribution in [1.29, 1.82) is 0 Å². The highest BCUT2D eigenvalue weighted by Crippen LogP contribution is 2.31. The number of nitrogens with zero attached hydrogens (tertiary/aromatic N) is 1. The summed E-state index contributed by atoms with van der Waals surface area (Å²) < 4.78 is 5.20. The Kier molecular flexibility index (Phi) is 3.69. The van der Waals surface area contributed by atoms with Gasteiger partial charge in [0.1, 0.15) is 5.75 Å². The molecule has 1 saturated carbocycles. The summed E-state index contributed by atoms with van der Waals surface area (Å²) in [7, 11) is 0. The van der Waals surface area contributed by atoms with Gasteiger partial charge in [0.2, 0.25) is 0 Å². The molecule has 0 aromatic heterocycles. The molecule has 1 aromatic carbocycles. The van der Waals surface area contributed by atoms with E-state index in [1.165, 1.54) is 25.8 Å². The van der Waals surface area contributed by atoms with Crippen molar-refractivity contribution in [1.82, 2.24) is 10.2 Å². The summed E-state index contributed by atoms with van der Waals surface area (Å²) in [5.74, 6) is 1.16. The van der Waals surface area contributed by atoms with Crippen LogP contribution in [0.3, 0.4) is 0 Å². The van der Waals surface area contributed by atoms with E-state index in [9.17, 15) is 4.79 Å². The molecule has 1 heterocycles. The first-order chi connectivity index (χ1) is 9.31. The predicted octanol–water partition coefficient (Wildman–Crippen LogP) is 2.26. The van der Waals surface area contributed by atoms with Gasteiger partial charge in [-0.3, -0.25) is 0 Å². The minimum atomic E-state index is -0.351. The molecule has 4 heteroatoms. The third-order valence-electron chi connectivity index (χ3n) is 3.87. The summed E-state index contributed by atoms with van der Waals surface area (Å²) in [6.07, 6.45) is 3.55. The number of nitrogens with one attached hydrogen (secondary N) is 1. The molecular weight excluding hydrogens is 240 g/mol. The zero-order valence-corrected chi connectivity index (χ0v) is 11.0. The van der Waals surface area contributed by atoms with Gasteiger partial charge in [-0.05, 0) is 43.9 Å². The molecule has 1 aliphatic carbocycles. The van der Waals surface area contributed by atoms with E-state index in [4.69, 9.17) is 4.74 Å². The number of benzene rings is 1. The number of para-hydroxylation sites is 1. The van der Waals surface area contributed by atoms with Gasteiger partial charge in [0.05, 0.1) is 0 Å². The van der Waals surface area contributed by atoms with Crippen LogP contribution in [0.15, 0.2) is 30.3 Å². The number of carbonyl (C=O) groups excluding carboxylic acids is 1. The molecule has 102 valence electrons. The Morgan fingerprint density at radius 3 is 2.79 bits per heavy atom. The highest BCUT2D eigenvalue weighted by atomic mass is 16.6. The van der Waals surface area contributed by atoms with Crippen LogP contribution in [0.1, 0.15) is 19.3 Å². The minimum absolute atomic E-state index is 0.351. The Bertz CT molecular complexity index is 431. The zero-order chi connectivity index (χ0) is 13.1. The molecule has 3 rings (SSSR count). The fraction of sp³-hybridized carbons (Fsp3) is 0.533. The summed E-state index contributed by atoms with van der Waals surface area (Å²) in [5, 5.41) is 2.87. The number of likely N-dealkylation sites (tertiary alicyclic amines) is 1. The minimum Gasteiger partial charge on any atom is -0.410 e. The van der Waals surface area contributed by atoms with Gasteiger partial charge in [0.25, 0.3) is 0 Å². The lowest BCUT2D eigenvalue weighted by Gasteiger charge is -2.15. The number of carbonyl (C=O) groups is 1. The van der Waals surface area contributed by atoms with Crippen LogP contribution in [0.4, 0.5) is 4.79 Å². The lowest BCUT2D eigenvalue weighted by molar-refractivity contribution is 0.198. The summed E-state index contributed by atoms with van der Waals surface area (Å²) in [5.41, 5.74) is 0. The van der Waals surface area contributed by atoms with Gasteiger partial charge in [-0.1, -0.05) is 18.2 Å². The van der Waals surface area contributed by atoms with Crippen LogP contribution in [-0.2, 0) is 0 Å². The average Bonchev–Trinajstić information content (AvgIpc) is 3.17. The molecule has 0 bridgehead atoms. The molecule has 1 unspecified atom stereocenters. The van der Waals surface area contributed by atoms with Crippen molar-refractivity contribution in [3.63, 3.8) is 0 Å². The molecule has 0 radical (unpaired) electrons. The molecule has 1 saturated heterocycles. The molecule has 2 aliphatic rings. The maximum atomic E-state index is 11.6. The largest absolute Gasteiger partial charge is 0.412 e. The number of rotatable bonds is 4. The Morgan fingerprint density at radius 2 is 2.05 bits per heavy atom. The van der Waals surface area contributed by atoms with Crippen LogP contribution < -0.4 is 10.1 Å². The molecule has 1 amide bonds. The molecule has 0 spiro atoms. The molecular formula is C15H20N2O2.